The topological polar surface area (TPSA) is 96.1 Å². The van der Waals surface area contributed by atoms with Gasteiger partial charge in [-0.05, 0) is 98.2 Å². The lowest BCUT2D eigenvalue weighted by Crippen LogP contribution is -2.53. The number of benzene rings is 2. The van der Waals surface area contributed by atoms with E-state index in [-0.39, 0.29) is 29.0 Å². The number of amides is 2. The van der Waals surface area contributed by atoms with E-state index in [4.69, 9.17) is 9.72 Å². The van der Waals surface area contributed by atoms with Crippen molar-refractivity contribution in [3.63, 3.8) is 0 Å². The standard InChI is InChI=1S/C30H35FN4O3/c1-3-32-27(36)18(2)33-28(37)30(10-12-38-13-11-30)20-5-7-24-25(14-20)35-26(34-24)16-23-22-15-21(31)6-4-19(22)17-29(23)8-9-29/h4-7,14-15,18,23H,3,8-13,16-17H2,1-2H3,(H,32,36)(H,33,37)(H,34,35)/t18-,23-/m1/s1. The van der Waals surface area contributed by atoms with Crippen molar-refractivity contribution in [3.8, 4) is 0 Å². The number of halogens is 1. The van der Waals surface area contributed by atoms with Crippen LogP contribution in [0.4, 0.5) is 4.39 Å². The van der Waals surface area contributed by atoms with Crippen LogP contribution in [-0.4, -0.2) is 47.6 Å². The van der Waals surface area contributed by atoms with Gasteiger partial charge in [0.25, 0.3) is 0 Å². The first-order chi connectivity index (χ1) is 18.3. The van der Waals surface area contributed by atoms with Crippen molar-refractivity contribution >= 4 is 22.8 Å². The fourth-order valence-corrected chi connectivity index (χ4v) is 6.64. The lowest BCUT2D eigenvalue weighted by Gasteiger charge is -2.37. The van der Waals surface area contributed by atoms with Crippen LogP contribution in [-0.2, 0) is 32.6 Å². The van der Waals surface area contributed by atoms with Gasteiger partial charge in [-0.2, -0.15) is 0 Å². The Morgan fingerprint density at radius 2 is 1.95 bits per heavy atom. The Kier molecular flexibility index (Phi) is 6.25. The molecule has 2 heterocycles. The highest BCUT2D eigenvalue weighted by atomic mass is 19.1. The summed E-state index contributed by atoms with van der Waals surface area (Å²) in [6.07, 6.45) is 5.19. The van der Waals surface area contributed by atoms with E-state index in [0.717, 1.165) is 40.8 Å². The fraction of sp³-hybridized carbons (Fsp3) is 0.500. The third-order valence-electron chi connectivity index (χ3n) is 9.01. The summed E-state index contributed by atoms with van der Waals surface area (Å²) in [5.41, 5.74) is 4.49. The zero-order chi connectivity index (χ0) is 26.5. The lowest BCUT2D eigenvalue weighted by atomic mass is 9.73. The van der Waals surface area contributed by atoms with Gasteiger partial charge in [0.15, 0.2) is 0 Å². The molecule has 2 fully saturated rings. The van der Waals surface area contributed by atoms with Gasteiger partial charge < -0.3 is 20.4 Å². The Morgan fingerprint density at radius 1 is 1.16 bits per heavy atom. The largest absolute Gasteiger partial charge is 0.381 e. The number of fused-ring (bicyclic) bond motifs is 2. The molecule has 1 aliphatic heterocycles. The molecule has 1 aromatic heterocycles. The van der Waals surface area contributed by atoms with Crippen LogP contribution in [0.2, 0.25) is 0 Å². The third kappa shape index (κ3) is 4.28. The maximum atomic E-state index is 14.1. The monoisotopic (exact) mass is 518 g/mol. The summed E-state index contributed by atoms with van der Waals surface area (Å²) in [6, 6.07) is 10.6. The molecular formula is C30H35FN4O3. The molecule has 6 rings (SSSR count). The Hall–Kier alpha value is -3.26. The summed E-state index contributed by atoms with van der Waals surface area (Å²) in [5, 5.41) is 5.71. The number of nitrogens with zero attached hydrogens (tertiary/aromatic N) is 1. The molecule has 3 aliphatic rings. The van der Waals surface area contributed by atoms with Crippen molar-refractivity contribution < 1.29 is 18.7 Å². The highest BCUT2D eigenvalue weighted by Crippen LogP contribution is 2.63. The molecule has 7 nitrogen and oxygen atoms in total. The van der Waals surface area contributed by atoms with Crippen LogP contribution in [0.15, 0.2) is 36.4 Å². The van der Waals surface area contributed by atoms with Crippen molar-refractivity contribution in [3.05, 3.63) is 64.7 Å². The quantitative estimate of drug-likeness (QED) is 0.440. The number of carbonyl (C=O) groups is 2. The van der Waals surface area contributed by atoms with Gasteiger partial charge in [-0.25, -0.2) is 9.37 Å². The molecule has 3 N–H and O–H groups in total. The Morgan fingerprint density at radius 3 is 2.68 bits per heavy atom. The van der Waals surface area contributed by atoms with Crippen molar-refractivity contribution in [2.45, 2.75) is 69.7 Å². The van der Waals surface area contributed by atoms with E-state index in [1.165, 1.54) is 18.4 Å². The van der Waals surface area contributed by atoms with Gasteiger partial charge in [-0.3, -0.25) is 9.59 Å². The molecule has 200 valence electrons. The molecule has 2 amide bonds. The minimum atomic E-state index is -0.779. The first-order valence-corrected chi connectivity index (χ1v) is 13.8. The second-order valence-corrected chi connectivity index (χ2v) is 11.3. The van der Waals surface area contributed by atoms with Gasteiger partial charge in [-0.1, -0.05) is 12.1 Å². The molecule has 1 spiro atoms. The minimum absolute atomic E-state index is 0.154. The molecule has 38 heavy (non-hydrogen) atoms. The van der Waals surface area contributed by atoms with Crippen molar-refractivity contribution in [1.82, 2.24) is 20.6 Å². The van der Waals surface area contributed by atoms with Gasteiger partial charge in [0.05, 0.1) is 16.4 Å². The van der Waals surface area contributed by atoms with Crippen LogP contribution in [0.5, 0.6) is 0 Å². The summed E-state index contributed by atoms with van der Waals surface area (Å²) >= 11 is 0. The Bertz CT molecular complexity index is 1390. The van der Waals surface area contributed by atoms with Crippen molar-refractivity contribution in [1.29, 1.82) is 0 Å². The van der Waals surface area contributed by atoms with Crippen LogP contribution in [0.3, 0.4) is 0 Å². The molecule has 1 saturated carbocycles. The number of H-pyrrole nitrogens is 1. The summed E-state index contributed by atoms with van der Waals surface area (Å²) < 4.78 is 19.7. The molecule has 0 bridgehead atoms. The van der Waals surface area contributed by atoms with Crippen LogP contribution < -0.4 is 10.6 Å². The van der Waals surface area contributed by atoms with Gasteiger partial charge in [-0.15, -0.1) is 0 Å². The average molecular weight is 519 g/mol. The number of nitrogens with one attached hydrogen (secondary N) is 3. The third-order valence-corrected chi connectivity index (χ3v) is 9.01. The lowest BCUT2D eigenvalue weighted by molar-refractivity contribution is -0.134. The van der Waals surface area contributed by atoms with Crippen LogP contribution >= 0.6 is 0 Å². The van der Waals surface area contributed by atoms with Crippen molar-refractivity contribution in [2.24, 2.45) is 5.41 Å². The highest BCUT2D eigenvalue weighted by Gasteiger charge is 2.54. The molecule has 8 heteroatoms. The predicted octanol–water partition coefficient (Wildman–Crippen LogP) is 4.05. The zero-order valence-electron chi connectivity index (χ0n) is 22.0. The molecule has 1 saturated heterocycles. The summed E-state index contributed by atoms with van der Waals surface area (Å²) in [4.78, 5) is 34.3. The van der Waals surface area contributed by atoms with Crippen LogP contribution in [0.25, 0.3) is 11.0 Å². The van der Waals surface area contributed by atoms with E-state index in [9.17, 15) is 14.0 Å². The highest BCUT2D eigenvalue weighted by molar-refractivity contribution is 5.94. The first-order valence-electron chi connectivity index (χ1n) is 13.8. The fourth-order valence-electron chi connectivity index (χ4n) is 6.64. The number of ether oxygens (including phenoxy) is 1. The zero-order valence-corrected chi connectivity index (χ0v) is 22.0. The van der Waals surface area contributed by atoms with E-state index in [0.29, 0.717) is 32.6 Å². The molecule has 2 aromatic carbocycles. The molecule has 2 atom stereocenters. The summed E-state index contributed by atoms with van der Waals surface area (Å²) in [5.74, 6) is 0.622. The maximum Gasteiger partial charge on any atom is 0.242 e. The van der Waals surface area contributed by atoms with Gasteiger partial charge in [0.1, 0.15) is 17.7 Å². The number of imidazole rings is 1. The van der Waals surface area contributed by atoms with E-state index in [2.05, 4.69) is 15.6 Å². The Labute approximate surface area is 221 Å². The molecule has 0 unspecified atom stereocenters. The average Bonchev–Trinajstić information content (AvgIpc) is 3.47. The number of aromatic nitrogens is 2. The number of hydrogen-bond acceptors (Lipinski definition) is 4. The number of hydrogen-bond donors (Lipinski definition) is 3. The number of likely N-dealkylation sites (N-methyl/N-ethyl adjacent to an activating group) is 1. The first kappa shape index (κ1) is 25.0. The minimum Gasteiger partial charge on any atom is -0.381 e. The smallest absolute Gasteiger partial charge is 0.242 e. The normalized spacial score (nSPS) is 21.7. The van der Waals surface area contributed by atoms with E-state index in [1.807, 2.05) is 31.2 Å². The van der Waals surface area contributed by atoms with Crippen LogP contribution in [0, 0.1) is 11.2 Å². The van der Waals surface area contributed by atoms with Gasteiger partial charge >= 0.3 is 0 Å². The van der Waals surface area contributed by atoms with Crippen molar-refractivity contribution in [2.75, 3.05) is 19.8 Å². The number of carbonyl (C=O) groups excluding carboxylic acids is 2. The summed E-state index contributed by atoms with van der Waals surface area (Å²) in [7, 11) is 0. The SMILES string of the molecule is CCNC(=O)[C@@H](C)NC(=O)C1(c2ccc3nc(C[C@@H]4c5cc(F)ccc5CC45CC5)[nH]c3c2)CCOCC1. The maximum absolute atomic E-state index is 14.1. The number of rotatable bonds is 7. The molecule has 0 radical (unpaired) electrons. The van der Waals surface area contributed by atoms with Gasteiger partial charge in [0.2, 0.25) is 11.8 Å². The van der Waals surface area contributed by atoms with Gasteiger partial charge in [0, 0.05) is 26.2 Å². The predicted molar refractivity (Wildman–Crippen MR) is 142 cm³/mol. The second-order valence-electron chi connectivity index (χ2n) is 11.3. The Balaban J connectivity index is 1.28. The molecular weight excluding hydrogens is 483 g/mol. The number of aromatic amines is 1. The van der Waals surface area contributed by atoms with Crippen LogP contribution in [0.1, 0.15) is 68.0 Å². The molecule has 3 aromatic rings. The molecule has 2 aliphatic carbocycles. The van der Waals surface area contributed by atoms with E-state index >= 15 is 0 Å². The second kappa shape index (κ2) is 9.49. The van der Waals surface area contributed by atoms with E-state index in [1.54, 1.807) is 19.1 Å². The van der Waals surface area contributed by atoms with E-state index < -0.39 is 11.5 Å². The summed E-state index contributed by atoms with van der Waals surface area (Å²) in [6.45, 7) is 5.04.